The smallest absolute Gasteiger partial charge is 0.321 e. The minimum absolute atomic E-state index is 0.0279. The number of hydrogen-bond acceptors (Lipinski definition) is 4. The number of aryl methyl sites for hydroxylation is 1. The summed E-state index contributed by atoms with van der Waals surface area (Å²) >= 11 is 0. The van der Waals surface area contributed by atoms with Crippen molar-refractivity contribution in [2.45, 2.75) is 46.1 Å². The van der Waals surface area contributed by atoms with Crippen molar-refractivity contribution in [3.05, 3.63) is 30.1 Å². The monoisotopic (exact) mass is 328 g/mol. The summed E-state index contributed by atoms with van der Waals surface area (Å²) in [4.78, 5) is 14.7. The van der Waals surface area contributed by atoms with Gasteiger partial charge in [0.15, 0.2) is 0 Å². The summed E-state index contributed by atoms with van der Waals surface area (Å²) < 4.78 is 1.60. The highest BCUT2D eigenvalue weighted by atomic mass is 16.2. The molecule has 1 aromatic carbocycles. The Hall–Kier alpha value is -2.44. The maximum atomic E-state index is 12.7. The number of tetrazole rings is 1. The molecule has 1 fully saturated rings. The molecule has 2 aromatic rings. The molecule has 24 heavy (non-hydrogen) atoms. The maximum Gasteiger partial charge on any atom is 0.322 e. The van der Waals surface area contributed by atoms with Gasteiger partial charge >= 0.3 is 6.03 Å². The average molecular weight is 328 g/mol. The lowest BCUT2D eigenvalue weighted by atomic mass is 9.93. The number of hydrogen-bond donors (Lipinski definition) is 1. The Balaban J connectivity index is 1.78. The van der Waals surface area contributed by atoms with Crippen molar-refractivity contribution in [3.8, 4) is 5.69 Å². The second-order valence-corrected chi connectivity index (χ2v) is 6.69. The van der Waals surface area contributed by atoms with Gasteiger partial charge in [-0.05, 0) is 60.2 Å². The second kappa shape index (κ2) is 6.98. The van der Waals surface area contributed by atoms with Crippen molar-refractivity contribution in [2.75, 3.05) is 11.9 Å². The van der Waals surface area contributed by atoms with Gasteiger partial charge in [0.25, 0.3) is 0 Å². The van der Waals surface area contributed by atoms with Crippen molar-refractivity contribution in [1.82, 2.24) is 25.1 Å². The second-order valence-electron chi connectivity index (χ2n) is 6.69. The number of anilines is 1. The zero-order valence-electron chi connectivity index (χ0n) is 14.4. The number of aromatic nitrogens is 4. The van der Waals surface area contributed by atoms with Crippen LogP contribution in [0.3, 0.4) is 0 Å². The molecule has 128 valence electrons. The quantitative estimate of drug-likeness (QED) is 0.939. The fourth-order valence-corrected chi connectivity index (χ4v) is 3.30. The first-order valence-corrected chi connectivity index (χ1v) is 8.48. The summed E-state index contributed by atoms with van der Waals surface area (Å²) in [6.45, 7) is 7.17. The molecule has 1 N–H and O–H groups in total. The van der Waals surface area contributed by atoms with E-state index in [0.29, 0.717) is 12.0 Å². The number of nitrogens with one attached hydrogen (secondary N) is 1. The number of amides is 2. The Kier molecular flexibility index (Phi) is 4.78. The van der Waals surface area contributed by atoms with Gasteiger partial charge in [-0.15, -0.1) is 5.10 Å². The summed E-state index contributed by atoms with van der Waals surface area (Å²) in [5, 5.41) is 14.3. The fraction of sp³-hybridized carbons (Fsp3) is 0.529. The van der Waals surface area contributed by atoms with E-state index in [9.17, 15) is 4.79 Å². The first-order chi connectivity index (χ1) is 11.6. The van der Waals surface area contributed by atoms with Crippen molar-refractivity contribution >= 4 is 11.7 Å². The topological polar surface area (TPSA) is 75.9 Å². The molecule has 2 amide bonds. The number of nitrogens with zero attached hydrogens (tertiary/aromatic N) is 5. The molecule has 2 heterocycles. The zero-order chi connectivity index (χ0) is 17.1. The van der Waals surface area contributed by atoms with Gasteiger partial charge in [0.05, 0.1) is 5.69 Å². The molecule has 0 unspecified atom stereocenters. The van der Waals surface area contributed by atoms with E-state index < -0.39 is 0 Å². The summed E-state index contributed by atoms with van der Waals surface area (Å²) in [6.07, 6.45) is 4.89. The van der Waals surface area contributed by atoms with E-state index >= 15 is 0 Å². The van der Waals surface area contributed by atoms with Crippen LogP contribution in [0.2, 0.25) is 0 Å². The molecule has 1 saturated heterocycles. The Morgan fingerprint density at radius 3 is 2.88 bits per heavy atom. The van der Waals surface area contributed by atoms with Gasteiger partial charge in [-0.1, -0.05) is 19.9 Å². The van der Waals surface area contributed by atoms with Gasteiger partial charge in [0.1, 0.15) is 6.33 Å². The van der Waals surface area contributed by atoms with Gasteiger partial charge in [-0.2, -0.15) is 0 Å². The number of piperidine rings is 1. The SMILES string of the molecule is Cc1ccc(NC(=O)N2CCCC[C@@H]2C(C)C)cc1-n1cnnn1. The molecule has 7 nitrogen and oxygen atoms in total. The van der Waals surface area contributed by atoms with E-state index in [1.165, 1.54) is 6.42 Å². The predicted octanol–water partition coefficient (Wildman–Crippen LogP) is 3.01. The Morgan fingerprint density at radius 2 is 2.17 bits per heavy atom. The molecule has 1 aliphatic heterocycles. The van der Waals surface area contributed by atoms with Crippen molar-refractivity contribution < 1.29 is 4.79 Å². The van der Waals surface area contributed by atoms with Gasteiger partial charge in [0, 0.05) is 18.3 Å². The first kappa shape index (κ1) is 16.4. The molecule has 7 heteroatoms. The number of benzene rings is 1. The molecule has 1 atom stereocenters. The number of urea groups is 1. The van der Waals surface area contributed by atoms with Crippen LogP contribution >= 0.6 is 0 Å². The molecule has 0 radical (unpaired) electrons. The van der Waals surface area contributed by atoms with Gasteiger partial charge in [-0.25, -0.2) is 9.48 Å². The third kappa shape index (κ3) is 3.39. The summed E-state index contributed by atoms with van der Waals surface area (Å²) in [5.74, 6) is 0.464. The highest BCUT2D eigenvalue weighted by Gasteiger charge is 2.28. The van der Waals surface area contributed by atoms with Crippen molar-refractivity contribution in [2.24, 2.45) is 5.92 Å². The van der Waals surface area contributed by atoms with Crippen molar-refractivity contribution in [3.63, 3.8) is 0 Å². The van der Waals surface area contributed by atoms with Crippen LogP contribution in [0, 0.1) is 12.8 Å². The van der Waals surface area contributed by atoms with Crippen LogP contribution < -0.4 is 5.32 Å². The number of carbonyl (C=O) groups excluding carboxylic acids is 1. The van der Waals surface area contributed by atoms with Crippen LogP contribution in [0.1, 0.15) is 38.7 Å². The maximum absolute atomic E-state index is 12.7. The first-order valence-electron chi connectivity index (χ1n) is 8.48. The highest BCUT2D eigenvalue weighted by molar-refractivity contribution is 5.90. The third-order valence-corrected chi connectivity index (χ3v) is 4.64. The Bertz CT molecular complexity index is 697. The average Bonchev–Trinajstić information content (AvgIpc) is 3.10. The standard InChI is InChI=1S/C17H24N6O/c1-12(2)15-6-4-5-9-22(15)17(24)19-14-8-7-13(3)16(10-14)23-11-18-20-21-23/h7-8,10-12,15H,4-6,9H2,1-3H3,(H,19,24)/t15-/m1/s1. The van der Waals surface area contributed by atoms with Crippen LogP contribution in [-0.4, -0.2) is 43.7 Å². The minimum atomic E-state index is -0.0279. The van der Waals surface area contributed by atoms with Crippen LogP contribution in [0.4, 0.5) is 10.5 Å². The molecule has 0 aliphatic carbocycles. The van der Waals surface area contributed by atoms with Gasteiger partial charge in [0.2, 0.25) is 0 Å². The lowest BCUT2D eigenvalue weighted by Crippen LogP contribution is -2.48. The van der Waals surface area contributed by atoms with E-state index in [0.717, 1.165) is 36.3 Å². The van der Waals surface area contributed by atoms with Crippen LogP contribution in [0.25, 0.3) is 5.69 Å². The van der Waals surface area contributed by atoms with E-state index in [1.54, 1.807) is 11.0 Å². The van der Waals surface area contributed by atoms with E-state index in [2.05, 4.69) is 34.7 Å². The summed E-state index contributed by atoms with van der Waals surface area (Å²) in [5.41, 5.74) is 2.65. The van der Waals surface area contributed by atoms with Crippen LogP contribution in [0.15, 0.2) is 24.5 Å². The number of likely N-dealkylation sites (tertiary alicyclic amines) is 1. The predicted molar refractivity (Wildman–Crippen MR) is 92.1 cm³/mol. The molecule has 0 spiro atoms. The van der Waals surface area contributed by atoms with Gasteiger partial charge < -0.3 is 10.2 Å². The van der Waals surface area contributed by atoms with Crippen LogP contribution in [-0.2, 0) is 0 Å². The van der Waals surface area contributed by atoms with E-state index in [1.807, 2.05) is 30.0 Å². The summed E-state index contributed by atoms with van der Waals surface area (Å²) in [6, 6.07) is 6.05. The lowest BCUT2D eigenvalue weighted by Gasteiger charge is -2.38. The van der Waals surface area contributed by atoms with Gasteiger partial charge in [-0.3, -0.25) is 0 Å². The van der Waals surface area contributed by atoms with E-state index in [4.69, 9.17) is 0 Å². The molecule has 1 aliphatic rings. The van der Waals surface area contributed by atoms with E-state index in [-0.39, 0.29) is 6.03 Å². The number of rotatable bonds is 3. The minimum Gasteiger partial charge on any atom is -0.321 e. The zero-order valence-corrected chi connectivity index (χ0v) is 14.4. The molecule has 1 aromatic heterocycles. The van der Waals surface area contributed by atoms with Crippen LogP contribution in [0.5, 0.6) is 0 Å². The molecular weight excluding hydrogens is 304 g/mol. The lowest BCUT2D eigenvalue weighted by molar-refractivity contribution is 0.138. The Morgan fingerprint density at radius 1 is 1.33 bits per heavy atom. The third-order valence-electron chi connectivity index (χ3n) is 4.64. The number of carbonyl (C=O) groups is 1. The molecule has 3 rings (SSSR count). The highest BCUT2D eigenvalue weighted by Crippen LogP contribution is 2.25. The normalized spacial score (nSPS) is 18.0. The van der Waals surface area contributed by atoms with Crippen molar-refractivity contribution in [1.29, 1.82) is 0 Å². The largest absolute Gasteiger partial charge is 0.322 e. The molecule has 0 bridgehead atoms. The Labute approximate surface area is 142 Å². The molecular formula is C17H24N6O. The molecule has 0 saturated carbocycles. The summed E-state index contributed by atoms with van der Waals surface area (Å²) in [7, 11) is 0. The fourth-order valence-electron chi connectivity index (χ4n) is 3.30.